The molecule has 32 heavy (non-hydrogen) atoms. The Morgan fingerprint density at radius 3 is 1.97 bits per heavy atom. The standard InChI is InChI=1S/C24H24N2O4S.ClH/c1-25(2)21-11-7-17(8-12-21)18-9-13-22(14-10-18)31(29,30)26-16-20-6-4-3-5-19(20)15-23(26)24(27)28;/h3-14,23H,15-16H2,1-2H3,(H,27,28);1H/t23-;/m1./s1. The Balaban J connectivity index is 0.00000289. The molecule has 1 heterocycles. The van der Waals surface area contributed by atoms with E-state index in [1.807, 2.05) is 67.5 Å². The van der Waals surface area contributed by atoms with Crippen molar-refractivity contribution in [2.75, 3.05) is 19.0 Å². The Hall–Kier alpha value is -2.87. The molecule has 8 heteroatoms. The van der Waals surface area contributed by atoms with E-state index in [0.29, 0.717) is 0 Å². The zero-order valence-corrected chi connectivity index (χ0v) is 19.4. The second-order valence-electron chi connectivity index (χ2n) is 7.84. The van der Waals surface area contributed by atoms with E-state index in [4.69, 9.17) is 0 Å². The van der Waals surface area contributed by atoms with Gasteiger partial charge in [0.1, 0.15) is 6.04 Å². The highest BCUT2D eigenvalue weighted by molar-refractivity contribution is 7.89. The third-order valence-electron chi connectivity index (χ3n) is 5.67. The highest BCUT2D eigenvalue weighted by atomic mass is 35.5. The maximum Gasteiger partial charge on any atom is 0.322 e. The Morgan fingerprint density at radius 1 is 0.906 bits per heavy atom. The van der Waals surface area contributed by atoms with Crippen LogP contribution in [0.15, 0.2) is 77.7 Å². The van der Waals surface area contributed by atoms with Crippen molar-refractivity contribution >= 4 is 34.1 Å². The number of hydrogen-bond donors (Lipinski definition) is 1. The predicted octanol–water partition coefficient (Wildman–Crippen LogP) is 4.04. The molecule has 0 fully saturated rings. The number of sulfonamides is 1. The molecule has 0 saturated heterocycles. The first kappa shape index (κ1) is 23.8. The number of hydrogen-bond acceptors (Lipinski definition) is 4. The van der Waals surface area contributed by atoms with Crippen LogP contribution in [0, 0.1) is 0 Å². The summed E-state index contributed by atoms with van der Waals surface area (Å²) in [5.41, 5.74) is 4.65. The fraction of sp³-hybridized carbons (Fsp3) is 0.208. The first-order chi connectivity index (χ1) is 14.8. The Labute approximate surface area is 194 Å². The van der Waals surface area contributed by atoms with Crippen LogP contribution in [-0.4, -0.2) is 43.9 Å². The van der Waals surface area contributed by atoms with E-state index in [1.165, 1.54) is 0 Å². The molecule has 4 rings (SSSR count). The number of carbonyl (C=O) groups is 1. The number of anilines is 1. The van der Waals surface area contributed by atoms with E-state index in [-0.39, 0.29) is 30.3 Å². The van der Waals surface area contributed by atoms with Crippen LogP contribution in [-0.2, 0) is 27.8 Å². The van der Waals surface area contributed by atoms with Crippen LogP contribution in [0.4, 0.5) is 5.69 Å². The predicted molar refractivity (Wildman–Crippen MR) is 128 cm³/mol. The summed E-state index contributed by atoms with van der Waals surface area (Å²) in [4.78, 5) is 14.0. The summed E-state index contributed by atoms with van der Waals surface area (Å²) in [7, 11) is -0.0295. The third kappa shape index (κ3) is 4.50. The van der Waals surface area contributed by atoms with Crippen LogP contribution in [0.2, 0.25) is 0 Å². The van der Waals surface area contributed by atoms with Gasteiger partial charge in [-0.2, -0.15) is 4.31 Å². The molecule has 0 aliphatic carbocycles. The highest BCUT2D eigenvalue weighted by Gasteiger charge is 2.39. The maximum atomic E-state index is 13.3. The lowest BCUT2D eigenvalue weighted by atomic mass is 9.96. The number of fused-ring (bicyclic) bond motifs is 1. The topological polar surface area (TPSA) is 77.9 Å². The number of rotatable bonds is 5. The molecular formula is C24H25ClN2O4S. The fourth-order valence-corrected chi connectivity index (χ4v) is 5.43. The van der Waals surface area contributed by atoms with Gasteiger partial charge < -0.3 is 10.0 Å². The van der Waals surface area contributed by atoms with E-state index in [0.717, 1.165) is 32.2 Å². The number of carboxylic acid groups (broad SMARTS) is 1. The molecule has 0 unspecified atom stereocenters. The van der Waals surface area contributed by atoms with Gasteiger partial charge in [-0.1, -0.05) is 48.5 Å². The summed E-state index contributed by atoms with van der Waals surface area (Å²) in [6.07, 6.45) is 0.154. The molecule has 0 aromatic heterocycles. The molecule has 0 radical (unpaired) electrons. The minimum Gasteiger partial charge on any atom is -0.480 e. The highest BCUT2D eigenvalue weighted by Crippen LogP contribution is 2.30. The Bertz CT molecular complexity index is 1210. The number of benzene rings is 3. The zero-order chi connectivity index (χ0) is 22.2. The summed E-state index contributed by atoms with van der Waals surface area (Å²) in [5, 5.41) is 9.69. The molecule has 1 aliphatic heterocycles. The normalized spacial score (nSPS) is 16.0. The summed E-state index contributed by atoms with van der Waals surface area (Å²) < 4.78 is 27.8. The minimum absolute atomic E-state index is 0. The van der Waals surface area contributed by atoms with Crippen LogP contribution in [0.3, 0.4) is 0 Å². The van der Waals surface area contributed by atoms with Crippen molar-refractivity contribution in [3.05, 3.63) is 83.9 Å². The first-order valence-electron chi connectivity index (χ1n) is 9.96. The average Bonchev–Trinajstić information content (AvgIpc) is 2.78. The van der Waals surface area contributed by atoms with E-state index in [9.17, 15) is 18.3 Å². The fourth-order valence-electron chi connectivity index (χ4n) is 3.87. The average molecular weight is 473 g/mol. The van der Waals surface area contributed by atoms with Crippen LogP contribution in [0.5, 0.6) is 0 Å². The van der Waals surface area contributed by atoms with Crippen molar-refractivity contribution in [3.8, 4) is 11.1 Å². The molecule has 0 saturated carbocycles. The van der Waals surface area contributed by atoms with Gasteiger partial charge in [-0.15, -0.1) is 12.4 Å². The molecule has 0 amide bonds. The van der Waals surface area contributed by atoms with E-state index in [1.54, 1.807) is 24.3 Å². The second kappa shape index (κ2) is 9.32. The van der Waals surface area contributed by atoms with Gasteiger partial charge in [0, 0.05) is 32.7 Å². The summed E-state index contributed by atoms with van der Waals surface area (Å²) in [6, 6.07) is 20.8. The zero-order valence-electron chi connectivity index (χ0n) is 17.8. The summed E-state index contributed by atoms with van der Waals surface area (Å²) >= 11 is 0. The van der Waals surface area contributed by atoms with Crippen molar-refractivity contribution < 1.29 is 18.3 Å². The van der Waals surface area contributed by atoms with Crippen molar-refractivity contribution in [1.82, 2.24) is 4.31 Å². The third-order valence-corrected chi connectivity index (χ3v) is 7.54. The lowest BCUT2D eigenvalue weighted by molar-refractivity contribution is -0.141. The monoisotopic (exact) mass is 472 g/mol. The number of halogens is 1. The molecule has 0 bridgehead atoms. The molecule has 1 aliphatic rings. The molecule has 0 spiro atoms. The molecule has 1 atom stereocenters. The largest absolute Gasteiger partial charge is 0.480 e. The number of aliphatic carboxylic acids is 1. The molecule has 3 aromatic rings. The maximum absolute atomic E-state index is 13.3. The minimum atomic E-state index is -3.97. The molecule has 168 valence electrons. The van der Waals surface area contributed by atoms with Crippen molar-refractivity contribution in [2.24, 2.45) is 0 Å². The van der Waals surface area contributed by atoms with E-state index in [2.05, 4.69) is 0 Å². The first-order valence-corrected chi connectivity index (χ1v) is 11.4. The molecule has 3 aromatic carbocycles. The SMILES string of the molecule is CN(C)c1ccc(-c2ccc(S(=O)(=O)N3Cc4ccccc4C[C@@H]3C(=O)O)cc2)cc1.Cl. The lowest BCUT2D eigenvalue weighted by Crippen LogP contribution is -2.48. The van der Waals surface area contributed by atoms with Gasteiger partial charge in [-0.05, 0) is 46.5 Å². The Morgan fingerprint density at radius 2 is 1.44 bits per heavy atom. The van der Waals surface area contributed by atoms with Gasteiger partial charge in [0.2, 0.25) is 10.0 Å². The van der Waals surface area contributed by atoms with Crippen molar-refractivity contribution in [3.63, 3.8) is 0 Å². The number of nitrogens with zero attached hydrogens (tertiary/aromatic N) is 2. The van der Waals surface area contributed by atoms with Gasteiger partial charge in [0.05, 0.1) is 4.90 Å². The molecular weight excluding hydrogens is 448 g/mol. The van der Waals surface area contributed by atoms with Crippen LogP contribution < -0.4 is 4.90 Å². The van der Waals surface area contributed by atoms with Gasteiger partial charge in [-0.25, -0.2) is 8.42 Å². The number of carboxylic acids is 1. The second-order valence-corrected chi connectivity index (χ2v) is 9.73. The lowest BCUT2D eigenvalue weighted by Gasteiger charge is -2.33. The van der Waals surface area contributed by atoms with Crippen molar-refractivity contribution in [1.29, 1.82) is 0 Å². The quantitative estimate of drug-likeness (QED) is 0.606. The smallest absolute Gasteiger partial charge is 0.322 e. The van der Waals surface area contributed by atoms with Crippen LogP contribution in [0.25, 0.3) is 11.1 Å². The van der Waals surface area contributed by atoms with Gasteiger partial charge in [0.25, 0.3) is 0 Å². The molecule has 6 nitrogen and oxygen atoms in total. The van der Waals surface area contributed by atoms with Gasteiger partial charge >= 0.3 is 5.97 Å². The molecule has 1 N–H and O–H groups in total. The van der Waals surface area contributed by atoms with Crippen LogP contribution in [0.1, 0.15) is 11.1 Å². The summed E-state index contributed by atoms with van der Waals surface area (Å²) in [6.45, 7) is 0.0449. The van der Waals surface area contributed by atoms with Crippen LogP contribution >= 0.6 is 12.4 Å². The van der Waals surface area contributed by atoms with Gasteiger partial charge in [0.15, 0.2) is 0 Å². The van der Waals surface area contributed by atoms with E-state index >= 15 is 0 Å². The Kier molecular flexibility index (Phi) is 6.93. The van der Waals surface area contributed by atoms with E-state index < -0.39 is 22.0 Å². The van der Waals surface area contributed by atoms with Crippen molar-refractivity contribution in [2.45, 2.75) is 23.9 Å². The van der Waals surface area contributed by atoms with Gasteiger partial charge in [-0.3, -0.25) is 4.79 Å². The summed E-state index contributed by atoms with van der Waals surface area (Å²) in [5.74, 6) is -1.14.